The lowest BCUT2D eigenvalue weighted by molar-refractivity contribution is 0.474. The van der Waals surface area contributed by atoms with Crippen molar-refractivity contribution in [1.82, 2.24) is 0 Å². The van der Waals surface area contributed by atoms with Gasteiger partial charge in [0.05, 0.1) is 18.1 Å². The van der Waals surface area contributed by atoms with Crippen molar-refractivity contribution < 1.29 is 9.52 Å². The van der Waals surface area contributed by atoms with Gasteiger partial charge in [-0.15, -0.1) is 0 Å². The predicted molar refractivity (Wildman–Crippen MR) is 111 cm³/mol. The van der Waals surface area contributed by atoms with Gasteiger partial charge in [-0.2, -0.15) is 5.26 Å². The van der Waals surface area contributed by atoms with E-state index >= 15 is 0 Å². The fourth-order valence-corrected chi connectivity index (χ4v) is 3.53. The molecule has 3 aromatic carbocycles. The summed E-state index contributed by atoms with van der Waals surface area (Å²) >= 11 is 0. The highest BCUT2D eigenvalue weighted by Gasteiger charge is 2.25. The summed E-state index contributed by atoms with van der Waals surface area (Å²) in [4.78, 5) is 0. The van der Waals surface area contributed by atoms with Gasteiger partial charge < -0.3 is 9.52 Å². The van der Waals surface area contributed by atoms with Crippen LogP contribution in [0.5, 0.6) is 5.75 Å². The van der Waals surface area contributed by atoms with Crippen molar-refractivity contribution in [2.45, 2.75) is 13.3 Å². The van der Waals surface area contributed by atoms with Crippen LogP contribution in [0.2, 0.25) is 0 Å². The first kappa shape index (κ1) is 17.6. The number of nitriles is 1. The smallest absolute Gasteiger partial charge is 0.146 e. The Labute approximate surface area is 164 Å². The van der Waals surface area contributed by atoms with E-state index in [4.69, 9.17) is 4.42 Å². The lowest BCUT2D eigenvalue weighted by atomic mass is 9.91. The van der Waals surface area contributed by atoms with Crippen LogP contribution in [0.1, 0.15) is 11.1 Å². The van der Waals surface area contributed by atoms with Gasteiger partial charge in [0.1, 0.15) is 17.3 Å². The molecular weight excluding hydrogens is 346 g/mol. The number of aromatic hydroxyl groups is 1. The highest BCUT2D eigenvalue weighted by atomic mass is 16.3. The molecule has 0 bridgehead atoms. The third kappa shape index (κ3) is 3.06. The summed E-state index contributed by atoms with van der Waals surface area (Å²) in [7, 11) is 0. The molecule has 28 heavy (non-hydrogen) atoms. The van der Waals surface area contributed by atoms with Gasteiger partial charge >= 0.3 is 0 Å². The summed E-state index contributed by atoms with van der Waals surface area (Å²) in [5.74, 6) is 1.39. The first-order valence-electron chi connectivity index (χ1n) is 9.13. The second kappa shape index (κ2) is 7.46. The number of benzene rings is 3. The molecule has 0 saturated carbocycles. The molecule has 0 aliphatic carbocycles. The molecule has 1 aromatic heterocycles. The highest BCUT2D eigenvalue weighted by Crippen LogP contribution is 2.46. The van der Waals surface area contributed by atoms with Crippen LogP contribution >= 0.6 is 0 Å². The van der Waals surface area contributed by atoms with Gasteiger partial charge in [0.25, 0.3) is 0 Å². The molecule has 0 fully saturated rings. The van der Waals surface area contributed by atoms with Crippen molar-refractivity contribution >= 4 is 0 Å². The third-order valence-corrected chi connectivity index (χ3v) is 4.86. The Morgan fingerprint density at radius 3 is 2.14 bits per heavy atom. The molecule has 0 aliphatic heterocycles. The maximum atomic E-state index is 10.5. The molecule has 0 unspecified atom stereocenters. The molecule has 3 heteroatoms. The van der Waals surface area contributed by atoms with Crippen LogP contribution < -0.4 is 0 Å². The van der Waals surface area contributed by atoms with Crippen LogP contribution in [0.4, 0.5) is 0 Å². The van der Waals surface area contributed by atoms with Crippen LogP contribution in [-0.4, -0.2) is 5.11 Å². The van der Waals surface area contributed by atoms with Crippen LogP contribution in [0.25, 0.3) is 33.8 Å². The highest BCUT2D eigenvalue weighted by molar-refractivity contribution is 5.90. The van der Waals surface area contributed by atoms with Crippen LogP contribution in [0, 0.1) is 18.3 Å². The normalized spacial score (nSPS) is 10.6. The number of aryl methyl sites for hydroxylation is 1. The summed E-state index contributed by atoms with van der Waals surface area (Å²) in [6, 6.07) is 27.2. The summed E-state index contributed by atoms with van der Waals surface area (Å²) in [5.41, 5.74) is 5.29. The molecule has 0 amide bonds. The maximum Gasteiger partial charge on any atom is 0.146 e. The molecule has 1 heterocycles. The number of hydrogen-bond acceptors (Lipinski definition) is 3. The minimum absolute atomic E-state index is 0.147. The standard InChI is InChI=1S/C25H19NO2/c1-17-9-5-6-12-19(17)23-21(15-16-26)24(18-10-3-2-4-11-18)28-25(23)20-13-7-8-14-22(20)27/h2-14,27H,15H2,1H3. The maximum absolute atomic E-state index is 10.5. The monoisotopic (exact) mass is 365 g/mol. The van der Waals surface area contributed by atoms with Gasteiger partial charge in [-0.25, -0.2) is 0 Å². The number of phenolic OH excluding ortho intramolecular Hbond substituents is 1. The Hall–Kier alpha value is -3.77. The van der Waals surface area contributed by atoms with Crippen LogP contribution in [0.15, 0.2) is 83.3 Å². The van der Waals surface area contributed by atoms with Gasteiger partial charge in [0.2, 0.25) is 0 Å². The minimum Gasteiger partial charge on any atom is -0.507 e. The zero-order chi connectivity index (χ0) is 19.5. The zero-order valence-corrected chi connectivity index (χ0v) is 15.5. The van der Waals surface area contributed by atoms with E-state index in [0.717, 1.165) is 27.8 Å². The molecule has 0 aliphatic rings. The first-order chi connectivity index (χ1) is 13.7. The van der Waals surface area contributed by atoms with E-state index in [9.17, 15) is 10.4 Å². The van der Waals surface area contributed by atoms with Crippen molar-refractivity contribution in [3.63, 3.8) is 0 Å². The lowest BCUT2D eigenvalue weighted by Crippen LogP contribution is -1.91. The van der Waals surface area contributed by atoms with Crippen molar-refractivity contribution in [2.75, 3.05) is 0 Å². The zero-order valence-electron chi connectivity index (χ0n) is 15.5. The Bertz CT molecular complexity index is 1170. The van der Waals surface area contributed by atoms with Crippen molar-refractivity contribution in [3.8, 4) is 45.6 Å². The predicted octanol–water partition coefficient (Wildman–Crippen LogP) is 6.36. The van der Waals surface area contributed by atoms with E-state index in [1.807, 2.05) is 73.7 Å². The number of hydrogen-bond donors (Lipinski definition) is 1. The Morgan fingerprint density at radius 2 is 1.46 bits per heavy atom. The number of para-hydroxylation sites is 1. The van der Waals surface area contributed by atoms with E-state index in [1.54, 1.807) is 12.1 Å². The van der Waals surface area contributed by atoms with Gasteiger partial charge in [-0.3, -0.25) is 0 Å². The third-order valence-electron chi connectivity index (χ3n) is 4.86. The first-order valence-corrected chi connectivity index (χ1v) is 9.13. The van der Waals surface area contributed by atoms with E-state index in [2.05, 4.69) is 6.07 Å². The van der Waals surface area contributed by atoms with E-state index in [0.29, 0.717) is 17.1 Å². The molecule has 3 nitrogen and oxygen atoms in total. The number of nitrogens with zero attached hydrogens (tertiary/aromatic N) is 1. The Balaban J connectivity index is 2.10. The van der Waals surface area contributed by atoms with Crippen molar-refractivity contribution in [3.05, 3.63) is 90.0 Å². The fraction of sp³-hybridized carbons (Fsp3) is 0.0800. The summed E-state index contributed by atoms with van der Waals surface area (Å²) in [5, 5.41) is 20.0. The van der Waals surface area contributed by atoms with Gasteiger partial charge in [0.15, 0.2) is 0 Å². The summed E-state index contributed by atoms with van der Waals surface area (Å²) in [6.45, 7) is 2.04. The topological polar surface area (TPSA) is 57.2 Å². The van der Waals surface area contributed by atoms with Crippen LogP contribution in [0.3, 0.4) is 0 Å². The summed E-state index contributed by atoms with van der Waals surface area (Å²) in [6.07, 6.45) is 0.213. The van der Waals surface area contributed by atoms with Gasteiger partial charge in [-0.1, -0.05) is 66.7 Å². The van der Waals surface area contributed by atoms with Crippen molar-refractivity contribution in [1.29, 1.82) is 5.26 Å². The quantitative estimate of drug-likeness (QED) is 0.458. The molecule has 1 N–H and O–H groups in total. The Kier molecular flexibility index (Phi) is 4.70. The average Bonchev–Trinajstić information content (AvgIpc) is 3.08. The molecule has 0 radical (unpaired) electrons. The summed E-state index contributed by atoms with van der Waals surface area (Å²) < 4.78 is 6.35. The number of phenols is 1. The molecule has 0 saturated heterocycles. The number of furan rings is 1. The molecule has 4 rings (SSSR count). The second-order valence-electron chi connectivity index (χ2n) is 6.65. The van der Waals surface area contributed by atoms with Crippen LogP contribution in [-0.2, 0) is 6.42 Å². The largest absolute Gasteiger partial charge is 0.507 e. The molecule has 0 atom stereocenters. The fourth-order valence-electron chi connectivity index (χ4n) is 3.53. The van der Waals surface area contributed by atoms with E-state index < -0.39 is 0 Å². The van der Waals surface area contributed by atoms with Crippen molar-refractivity contribution in [2.24, 2.45) is 0 Å². The van der Waals surface area contributed by atoms with Gasteiger partial charge in [-0.05, 0) is 30.2 Å². The Morgan fingerprint density at radius 1 is 0.821 bits per heavy atom. The van der Waals surface area contributed by atoms with E-state index in [-0.39, 0.29) is 12.2 Å². The second-order valence-corrected chi connectivity index (χ2v) is 6.65. The molecule has 0 spiro atoms. The SMILES string of the molecule is Cc1ccccc1-c1c(-c2ccccc2O)oc(-c2ccccc2)c1CC#N. The minimum atomic E-state index is 0.147. The lowest BCUT2D eigenvalue weighted by Gasteiger charge is -2.09. The average molecular weight is 365 g/mol. The molecule has 136 valence electrons. The van der Waals surface area contributed by atoms with E-state index in [1.165, 1.54) is 0 Å². The van der Waals surface area contributed by atoms with Gasteiger partial charge in [0, 0.05) is 16.7 Å². The molecule has 4 aromatic rings. The number of rotatable bonds is 4. The molecular formula is C25H19NO2.